The number of rotatable bonds is 9. The Kier molecular flexibility index (Phi) is 6.86. The molecule has 7 nitrogen and oxygen atoms in total. The van der Waals surface area contributed by atoms with Crippen LogP contribution in [0, 0.1) is 0 Å². The minimum atomic E-state index is -0.232. The van der Waals surface area contributed by atoms with E-state index in [0.717, 1.165) is 58.9 Å². The Morgan fingerprint density at radius 2 is 2.04 bits per heavy atom. The van der Waals surface area contributed by atoms with Crippen molar-refractivity contribution >= 4 is 11.8 Å². The molecule has 148 valence electrons. The smallest absolute Gasteiger partial charge is 0.259 e. The molecular formula is C20H25N5O2S. The van der Waals surface area contributed by atoms with Crippen molar-refractivity contribution in [2.24, 2.45) is 0 Å². The summed E-state index contributed by atoms with van der Waals surface area (Å²) in [4.78, 5) is 16.8. The number of H-pyrrole nitrogens is 2. The summed E-state index contributed by atoms with van der Waals surface area (Å²) in [5.74, 6) is 2.14. The van der Waals surface area contributed by atoms with Gasteiger partial charge in [0.2, 0.25) is 5.82 Å². The first-order valence-electron chi connectivity index (χ1n) is 9.49. The summed E-state index contributed by atoms with van der Waals surface area (Å²) < 4.78 is 5.49. The Bertz CT molecular complexity index is 969. The highest BCUT2D eigenvalue weighted by Gasteiger charge is 2.16. The third-order valence-electron chi connectivity index (χ3n) is 4.44. The molecule has 1 aromatic carbocycles. The van der Waals surface area contributed by atoms with Crippen LogP contribution < -0.4 is 10.3 Å². The maximum atomic E-state index is 12.7. The number of aromatic nitrogens is 5. The van der Waals surface area contributed by atoms with Crippen LogP contribution in [0.15, 0.2) is 34.0 Å². The zero-order valence-corrected chi connectivity index (χ0v) is 17.2. The van der Waals surface area contributed by atoms with Gasteiger partial charge in [-0.25, -0.2) is 0 Å². The number of tetrazole rings is 1. The molecule has 0 amide bonds. The van der Waals surface area contributed by atoms with E-state index < -0.39 is 0 Å². The number of pyridine rings is 1. The van der Waals surface area contributed by atoms with Gasteiger partial charge in [0, 0.05) is 4.90 Å². The molecule has 0 saturated heterocycles. The van der Waals surface area contributed by atoms with Crippen LogP contribution in [-0.4, -0.2) is 38.5 Å². The lowest BCUT2D eigenvalue weighted by atomic mass is 10.0. The third-order valence-corrected chi connectivity index (χ3v) is 5.56. The van der Waals surface area contributed by atoms with Gasteiger partial charge in [-0.15, -0.1) is 22.0 Å². The van der Waals surface area contributed by atoms with E-state index in [-0.39, 0.29) is 5.56 Å². The number of nitrogens with one attached hydrogen (secondary N) is 2. The fourth-order valence-corrected chi connectivity index (χ4v) is 4.17. The molecule has 3 rings (SSSR count). The van der Waals surface area contributed by atoms with Crippen LogP contribution in [0.25, 0.3) is 22.6 Å². The minimum Gasteiger partial charge on any atom is -0.496 e. The molecule has 0 aliphatic carbocycles. The number of thioether (sulfide) groups is 1. The maximum absolute atomic E-state index is 12.7. The largest absolute Gasteiger partial charge is 0.496 e. The molecule has 0 unspecified atom stereocenters. The van der Waals surface area contributed by atoms with E-state index in [1.807, 2.05) is 18.2 Å². The summed E-state index contributed by atoms with van der Waals surface area (Å²) in [6.07, 6.45) is 4.16. The number of unbranched alkanes of at least 4 members (excludes halogenated alkanes) is 1. The molecule has 0 atom stereocenters. The maximum Gasteiger partial charge on any atom is 0.259 e. The van der Waals surface area contributed by atoms with Crippen LogP contribution in [0.5, 0.6) is 5.75 Å². The van der Waals surface area contributed by atoms with Crippen LogP contribution in [0.1, 0.15) is 38.7 Å². The molecule has 0 spiro atoms. The van der Waals surface area contributed by atoms with Crippen molar-refractivity contribution in [3.63, 3.8) is 0 Å². The van der Waals surface area contributed by atoms with E-state index in [1.54, 1.807) is 18.9 Å². The molecule has 8 heteroatoms. The van der Waals surface area contributed by atoms with Crippen LogP contribution in [0.4, 0.5) is 0 Å². The van der Waals surface area contributed by atoms with E-state index in [0.29, 0.717) is 11.4 Å². The summed E-state index contributed by atoms with van der Waals surface area (Å²) in [5, 5.41) is 13.9. The molecule has 0 fully saturated rings. The fourth-order valence-electron chi connectivity index (χ4n) is 3.01. The predicted molar refractivity (Wildman–Crippen MR) is 112 cm³/mol. The Hall–Kier alpha value is -2.61. The molecule has 3 aromatic rings. The average Bonchev–Trinajstić information content (AvgIpc) is 3.24. The standard InChI is InChI=1S/C20H25N5O2S/c1-4-6-10-28-17-12-15(19-22-24-25-23-19)20(26)21-18(17)14-8-9-16(27-3)13(11-14)7-5-2/h8-9,11-12H,4-7,10H2,1-3H3,(H,21,26)(H,22,23,24,25). The van der Waals surface area contributed by atoms with Gasteiger partial charge in [0.15, 0.2) is 0 Å². The van der Waals surface area contributed by atoms with E-state index in [9.17, 15) is 4.79 Å². The number of aryl methyl sites for hydroxylation is 1. The summed E-state index contributed by atoms with van der Waals surface area (Å²) in [6.45, 7) is 4.30. The van der Waals surface area contributed by atoms with Crippen LogP contribution in [0.3, 0.4) is 0 Å². The quantitative estimate of drug-likeness (QED) is 0.416. The van der Waals surface area contributed by atoms with Crippen LogP contribution >= 0.6 is 11.8 Å². The number of ether oxygens (including phenoxy) is 1. The van der Waals surface area contributed by atoms with E-state index in [4.69, 9.17) is 4.74 Å². The number of hydrogen-bond donors (Lipinski definition) is 2. The van der Waals surface area contributed by atoms with E-state index in [1.165, 1.54) is 0 Å². The SMILES string of the molecule is CCCCSc1cc(-c2nn[nH]n2)c(=O)[nH]c1-c1ccc(OC)c(CCC)c1. The lowest BCUT2D eigenvalue weighted by Gasteiger charge is -2.14. The van der Waals surface area contributed by atoms with Crippen molar-refractivity contribution in [3.8, 4) is 28.4 Å². The van der Waals surface area contributed by atoms with Crippen molar-refractivity contribution in [1.29, 1.82) is 0 Å². The van der Waals surface area contributed by atoms with Gasteiger partial charge in [-0.05, 0) is 59.2 Å². The molecule has 2 N–H and O–H groups in total. The predicted octanol–water partition coefficient (Wildman–Crippen LogP) is 4.08. The van der Waals surface area contributed by atoms with Gasteiger partial charge in [-0.1, -0.05) is 26.7 Å². The van der Waals surface area contributed by atoms with Gasteiger partial charge >= 0.3 is 0 Å². The van der Waals surface area contributed by atoms with E-state index >= 15 is 0 Å². The number of benzene rings is 1. The molecule has 2 heterocycles. The van der Waals surface area contributed by atoms with Gasteiger partial charge in [-0.2, -0.15) is 5.21 Å². The second kappa shape index (κ2) is 9.54. The first kappa shape index (κ1) is 20.1. The summed E-state index contributed by atoms with van der Waals surface area (Å²) in [7, 11) is 1.68. The molecule has 0 aliphatic rings. The summed E-state index contributed by atoms with van der Waals surface area (Å²) in [5.41, 5.74) is 3.11. The van der Waals surface area contributed by atoms with Crippen molar-refractivity contribution < 1.29 is 4.74 Å². The second-order valence-corrected chi connectivity index (χ2v) is 7.60. The first-order valence-corrected chi connectivity index (χ1v) is 10.5. The van der Waals surface area contributed by atoms with Gasteiger partial charge in [0.1, 0.15) is 5.75 Å². The number of nitrogens with zero attached hydrogens (tertiary/aromatic N) is 3. The molecule has 0 saturated carbocycles. The van der Waals surface area contributed by atoms with Gasteiger partial charge in [0.05, 0.1) is 18.4 Å². The molecule has 2 aromatic heterocycles. The van der Waals surface area contributed by atoms with Gasteiger partial charge < -0.3 is 9.72 Å². The molecule has 28 heavy (non-hydrogen) atoms. The first-order chi connectivity index (χ1) is 13.7. The van der Waals surface area contributed by atoms with Crippen molar-refractivity contribution in [3.05, 3.63) is 40.2 Å². The Balaban J connectivity index is 2.09. The van der Waals surface area contributed by atoms with Crippen molar-refractivity contribution in [2.75, 3.05) is 12.9 Å². The number of methoxy groups -OCH3 is 1. The molecule has 0 aliphatic heterocycles. The Morgan fingerprint density at radius 1 is 1.18 bits per heavy atom. The van der Waals surface area contributed by atoms with Crippen LogP contribution in [-0.2, 0) is 6.42 Å². The fraction of sp³-hybridized carbons (Fsp3) is 0.400. The summed E-state index contributed by atoms with van der Waals surface area (Å²) in [6, 6.07) is 7.92. The second-order valence-electron chi connectivity index (χ2n) is 6.47. The minimum absolute atomic E-state index is 0.232. The highest BCUT2D eigenvalue weighted by molar-refractivity contribution is 7.99. The van der Waals surface area contributed by atoms with Crippen molar-refractivity contribution in [2.45, 2.75) is 44.4 Å². The number of aromatic amines is 2. The highest BCUT2D eigenvalue weighted by Crippen LogP contribution is 2.34. The normalized spacial score (nSPS) is 11.0. The van der Waals surface area contributed by atoms with Gasteiger partial charge in [0.25, 0.3) is 5.56 Å². The highest BCUT2D eigenvalue weighted by atomic mass is 32.2. The zero-order valence-electron chi connectivity index (χ0n) is 16.4. The number of hydrogen-bond acceptors (Lipinski definition) is 6. The molecular weight excluding hydrogens is 374 g/mol. The molecule has 0 radical (unpaired) electrons. The lowest BCUT2D eigenvalue weighted by molar-refractivity contribution is 0.409. The monoisotopic (exact) mass is 399 g/mol. The summed E-state index contributed by atoms with van der Waals surface area (Å²) >= 11 is 1.73. The lowest BCUT2D eigenvalue weighted by Crippen LogP contribution is -2.12. The average molecular weight is 400 g/mol. The molecule has 0 bridgehead atoms. The van der Waals surface area contributed by atoms with Crippen molar-refractivity contribution in [1.82, 2.24) is 25.6 Å². The van der Waals surface area contributed by atoms with Gasteiger partial charge in [-0.3, -0.25) is 4.79 Å². The van der Waals surface area contributed by atoms with Crippen LogP contribution in [0.2, 0.25) is 0 Å². The Morgan fingerprint density at radius 3 is 2.71 bits per heavy atom. The Labute approximate surface area is 168 Å². The zero-order chi connectivity index (χ0) is 19.9. The third kappa shape index (κ3) is 4.44. The van der Waals surface area contributed by atoms with E-state index in [2.05, 4.69) is 45.5 Å². The topological polar surface area (TPSA) is 96.5 Å².